The highest BCUT2D eigenvalue weighted by atomic mass is 16.5. The molecule has 0 bridgehead atoms. The molecule has 26 heavy (non-hydrogen) atoms. The van der Waals surface area contributed by atoms with Crippen LogP contribution in [-0.2, 0) is 11.3 Å². The molecule has 3 aromatic rings. The van der Waals surface area contributed by atoms with Crippen molar-refractivity contribution in [1.82, 2.24) is 9.55 Å². The van der Waals surface area contributed by atoms with Gasteiger partial charge in [0.25, 0.3) is 0 Å². The van der Waals surface area contributed by atoms with Crippen LogP contribution in [-0.4, -0.2) is 36.8 Å². The SMILES string of the molecule is COC(=O)c1cccc(Cn2ccnc2-c2cc(OC)cc(OC)c2)c1. The molecule has 0 fully saturated rings. The Bertz CT molecular complexity index is 895. The minimum atomic E-state index is -0.352. The molecule has 0 saturated carbocycles. The number of carbonyl (C=O) groups excluding carboxylic acids is 1. The summed E-state index contributed by atoms with van der Waals surface area (Å²) in [6, 6.07) is 13.0. The highest BCUT2D eigenvalue weighted by molar-refractivity contribution is 5.89. The van der Waals surface area contributed by atoms with Crippen LogP contribution in [0.4, 0.5) is 0 Å². The fourth-order valence-electron chi connectivity index (χ4n) is 2.74. The topological polar surface area (TPSA) is 62.6 Å². The van der Waals surface area contributed by atoms with Crippen LogP contribution in [0.5, 0.6) is 11.5 Å². The summed E-state index contributed by atoms with van der Waals surface area (Å²) < 4.78 is 17.5. The number of nitrogens with zero attached hydrogens (tertiary/aromatic N) is 2. The van der Waals surface area contributed by atoms with Crippen LogP contribution in [0.1, 0.15) is 15.9 Å². The van der Waals surface area contributed by atoms with Crippen molar-refractivity contribution in [2.75, 3.05) is 21.3 Å². The number of hydrogen-bond donors (Lipinski definition) is 0. The number of hydrogen-bond acceptors (Lipinski definition) is 5. The second-order valence-electron chi connectivity index (χ2n) is 5.67. The normalized spacial score (nSPS) is 10.4. The molecule has 0 spiro atoms. The van der Waals surface area contributed by atoms with Gasteiger partial charge in [0.15, 0.2) is 0 Å². The van der Waals surface area contributed by atoms with E-state index in [1.807, 2.05) is 47.2 Å². The van der Waals surface area contributed by atoms with Gasteiger partial charge in [0.2, 0.25) is 0 Å². The maximum absolute atomic E-state index is 11.7. The van der Waals surface area contributed by atoms with E-state index >= 15 is 0 Å². The number of ether oxygens (including phenoxy) is 3. The number of imidazole rings is 1. The van der Waals surface area contributed by atoms with Crippen molar-refractivity contribution in [3.05, 3.63) is 66.0 Å². The maximum atomic E-state index is 11.7. The Morgan fingerprint density at radius 2 is 1.77 bits per heavy atom. The number of esters is 1. The van der Waals surface area contributed by atoms with Crippen LogP contribution in [0, 0.1) is 0 Å². The average Bonchev–Trinajstić information content (AvgIpc) is 3.15. The van der Waals surface area contributed by atoms with Crippen LogP contribution in [0.3, 0.4) is 0 Å². The van der Waals surface area contributed by atoms with E-state index in [0.717, 1.165) is 17.0 Å². The first-order chi connectivity index (χ1) is 12.6. The van der Waals surface area contributed by atoms with Gasteiger partial charge in [-0.25, -0.2) is 9.78 Å². The Labute approximate surface area is 152 Å². The molecule has 0 unspecified atom stereocenters. The lowest BCUT2D eigenvalue weighted by molar-refractivity contribution is 0.0600. The molecule has 0 atom stereocenters. The molecule has 6 nitrogen and oxygen atoms in total. The number of carbonyl (C=O) groups is 1. The molecule has 1 aromatic heterocycles. The van der Waals surface area contributed by atoms with Crippen LogP contribution >= 0.6 is 0 Å². The van der Waals surface area contributed by atoms with E-state index in [1.54, 1.807) is 26.5 Å². The predicted molar refractivity (Wildman–Crippen MR) is 97.7 cm³/mol. The van der Waals surface area contributed by atoms with E-state index in [2.05, 4.69) is 4.98 Å². The highest BCUT2D eigenvalue weighted by Crippen LogP contribution is 2.29. The van der Waals surface area contributed by atoms with Gasteiger partial charge in [-0.05, 0) is 29.8 Å². The number of aromatic nitrogens is 2. The summed E-state index contributed by atoms with van der Waals surface area (Å²) in [4.78, 5) is 16.2. The van der Waals surface area contributed by atoms with E-state index in [0.29, 0.717) is 23.6 Å². The zero-order valence-electron chi connectivity index (χ0n) is 14.9. The third kappa shape index (κ3) is 3.69. The first-order valence-electron chi connectivity index (χ1n) is 8.06. The molecule has 0 radical (unpaired) electrons. The maximum Gasteiger partial charge on any atom is 0.337 e. The lowest BCUT2D eigenvalue weighted by atomic mass is 10.1. The van der Waals surface area contributed by atoms with Crippen LogP contribution in [0.2, 0.25) is 0 Å². The number of rotatable bonds is 6. The van der Waals surface area contributed by atoms with E-state index in [4.69, 9.17) is 14.2 Å². The summed E-state index contributed by atoms with van der Waals surface area (Å²) >= 11 is 0. The van der Waals surface area contributed by atoms with E-state index in [1.165, 1.54) is 7.11 Å². The van der Waals surface area contributed by atoms with Crippen molar-refractivity contribution in [3.63, 3.8) is 0 Å². The van der Waals surface area contributed by atoms with Gasteiger partial charge in [-0.15, -0.1) is 0 Å². The van der Waals surface area contributed by atoms with Gasteiger partial charge in [0.1, 0.15) is 17.3 Å². The van der Waals surface area contributed by atoms with Crippen molar-refractivity contribution < 1.29 is 19.0 Å². The second kappa shape index (κ2) is 7.74. The Balaban J connectivity index is 1.94. The minimum Gasteiger partial charge on any atom is -0.497 e. The monoisotopic (exact) mass is 352 g/mol. The molecule has 0 N–H and O–H groups in total. The molecule has 0 aliphatic heterocycles. The molecule has 1 heterocycles. The van der Waals surface area contributed by atoms with Crippen LogP contribution in [0.25, 0.3) is 11.4 Å². The highest BCUT2D eigenvalue weighted by Gasteiger charge is 2.11. The van der Waals surface area contributed by atoms with Crippen LogP contribution in [0.15, 0.2) is 54.9 Å². The molecular formula is C20H20N2O4. The zero-order valence-corrected chi connectivity index (χ0v) is 14.9. The second-order valence-corrected chi connectivity index (χ2v) is 5.67. The summed E-state index contributed by atoms with van der Waals surface area (Å²) in [7, 11) is 4.60. The molecule has 6 heteroatoms. The summed E-state index contributed by atoms with van der Waals surface area (Å²) in [5, 5.41) is 0. The fourth-order valence-corrected chi connectivity index (χ4v) is 2.74. The third-order valence-corrected chi connectivity index (χ3v) is 4.03. The van der Waals surface area contributed by atoms with E-state index in [-0.39, 0.29) is 5.97 Å². The van der Waals surface area contributed by atoms with Gasteiger partial charge in [-0.1, -0.05) is 12.1 Å². The Morgan fingerprint density at radius 3 is 2.42 bits per heavy atom. The Hall–Kier alpha value is -3.28. The Morgan fingerprint density at radius 1 is 1.04 bits per heavy atom. The van der Waals surface area contributed by atoms with Gasteiger partial charge in [-0.3, -0.25) is 0 Å². The third-order valence-electron chi connectivity index (χ3n) is 4.03. The van der Waals surface area contributed by atoms with Gasteiger partial charge >= 0.3 is 5.97 Å². The first-order valence-corrected chi connectivity index (χ1v) is 8.06. The molecule has 0 saturated heterocycles. The molecule has 2 aromatic carbocycles. The molecule has 0 aliphatic rings. The van der Waals surface area contributed by atoms with Crippen molar-refractivity contribution in [3.8, 4) is 22.9 Å². The van der Waals surface area contributed by atoms with Gasteiger partial charge in [-0.2, -0.15) is 0 Å². The van der Waals surface area contributed by atoms with Gasteiger partial charge in [0.05, 0.1) is 26.9 Å². The summed E-state index contributed by atoms with van der Waals surface area (Å²) in [5.41, 5.74) is 2.38. The molecule has 0 aliphatic carbocycles. The summed E-state index contributed by atoms with van der Waals surface area (Å²) in [6.45, 7) is 0.569. The first kappa shape index (κ1) is 17.5. The fraction of sp³-hybridized carbons (Fsp3) is 0.200. The van der Waals surface area contributed by atoms with E-state index in [9.17, 15) is 4.79 Å². The minimum absolute atomic E-state index is 0.352. The lowest BCUT2D eigenvalue weighted by Gasteiger charge is -2.11. The quantitative estimate of drug-likeness (QED) is 0.636. The Kier molecular flexibility index (Phi) is 5.22. The predicted octanol–water partition coefficient (Wildman–Crippen LogP) is 3.40. The smallest absolute Gasteiger partial charge is 0.337 e. The number of methoxy groups -OCH3 is 3. The van der Waals surface area contributed by atoms with Gasteiger partial charge in [0, 0.05) is 30.6 Å². The molecule has 0 amide bonds. The van der Waals surface area contributed by atoms with Crippen molar-refractivity contribution >= 4 is 5.97 Å². The van der Waals surface area contributed by atoms with Crippen molar-refractivity contribution in [1.29, 1.82) is 0 Å². The molecule has 134 valence electrons. The number of benzene rings is 2. The standard InChI is InChI=1S/C20H20N2O4/c1-24-17-10-16(11-18(12-17)25-2)19-21-7-8-22(19)13-14-5-4-6-15(9-14)20(23)26-3/h4-12H,13H2,1-3H3. The largest absolute Gasteiger partial charge is 0.497 e. The molecular weight excluding hydrogens is 332 g/mol. The lowest BCUT2D eigenvalue weighted by Crippen LogP contribution is -2.05. The van der Waals surface area contributed by atoms with Crippen molar-refractivity contribution in [2.24, 2.45) is 0 Å². The summed E-state index contributed by atoms with van der Waals surface area (Å²) in [6.07, 6.45) is 3.64. The van der Waals surface area contributed by atoms with Crippen molar-refractivity contribution in [2.45, 2.75) is 6.54 Å². The molecule has 3 rings (SSSR count). The van der Waals surface area contributed by atoms with Gasteiger partial charge < -0.3 is 18.8 Å². The van der Waals surface area contributed by atoms with Crippen LogP contribution < -0.4 is 9.47 Å². The zero-order chi connectivity index (χ0) is 18.5. The summed E-state index contributed by atoms with van der Waals surface area (Å²) in [5.74, 6) is 1.82. The average molecular weight is 352 g/mol. The van der Waals surface area contributed by atoms with E-state index < -0.39 is 0 Å².